The van der Waals surface area contributed by atoms with Crippen molar-refractivity contribution in [1.29, 1.82) is 5.26 Å². The molecule has 106 valence electrons. The number of anilines is 2. The van der Waals surface area contributed by atoms with Crippen LogP contribution in [0.25, 0.3) is 0 Å². The number of rotatable bonds is 3. The molecule has 0 amide bonds. The van der Waals surface area contributed by atoms with Gasteiger partial charge >= 0.3 is 0 Å². The average Bonchev–Trinajstić information content (AvgIpc) is 2.51. The zero-order valence-corrected chi connectivity index (χ0v) is 11.7. The van der Waals surface area contributed by atoms with Crippen LogP contribution in [0.1, 0.15) is 23.6 Å². The van der Waals surface area contributed by atoms with E-state index in [0.717, 1.165) is 23.4 Å². The molecule has 1 aliphatic rings. The second-order valence-electron chi connectivity index (χ2n) is 5.12. The van der Waals surface area contributed by atoms with Gasteiger partial charge in [-0.05, 0) is 29.8 Å². The van der Waals surface area contributed by atoms with Gasteiger partial charge in [-0.25, -0.2) is 0 Å². The van der Waals surface area contributed by atoms with Crippen LogP contribution in [0.5, 0.6) is 5.75 Å². The van der Waals surface area contributed by atoms with Gasteiger partial charge in [0.2, 0.25) is 0 Å². The number of ether oxygens (including phenoxy) is 1. The van der Waals surface area contributed by atoms with Crippen LogP contribution in [0.3, 0.4) is 0 Å². The van der Waals surface area contributed by atoms with Crippen LogP contribution in [0.4, 0.5) is 11.4 Å². The Labute approximate surface area is 124 Å². The van der Waals surface area contributed by atoms with Crippen molar-refractivity contribution in [1.82, 2.24) is 0 Å². The van der Waals surface area contributed by atoms with Crippen LogP contribution in [-0.2, 0) is 6.42 Å². The van der Waals surface area contributed by atoms with E-state index in [2.05, 4.69) is 17.5 Å². The zero-order valence-electron chi connectivity index (χ0n) is 11.7. The van der Waals surface area contributed by atoms with Crippen LogP contribution < -0.4 is 15.8 Å². The molecule has 0 aromatic heterocycles. The maximum atomic E-state index is 8.84. The van der Waals surface area contributed by atoms with Gasteiger partial charge in [0.15, 0.2) is 0 Å². The number of benzene rings is 2. The molecule has 0 aliphatic carbocycles. The highest BCUT2D eigenvalue weighted by molar-refractivity contribution is 5.59. The van der Waals surface area contributed by atoms with Crippen LogP contribution in [0.15, 0.2) is 42.5 Å². The molecule has 0 fully saturated rings. The lowest BCUT2D eigenvalue weighted by Gasteiger charge is -2.27. The molecule has 1 aliphatic heterocycles. The van der Waals surface area contributed by atoms with Crippen molar-refractivity contribution in [2.75, 3.05) is 17.7 Å². The first-order chi connectivity index (χ1) is 10.3. The van der Waals surface area contributed by atoms with E-state index in [-0.39, 0.29) is 6.04 Å². The number of nitriles is 1. The first-order valence-electron chi connectivity index (χ1n) is 7.01. The van der Waals surface area contributed by atoms with Crippen molar-refractivity contribution in [2.45, 2.75) is 18.9 Å². The first kappa shape index (κ1) is 13.3. The summed E-state index contributed by atoms with van der Waals surface area (Å²) in [6.07, 6.45) is 1.24. The molecular weight excluding hydrogens is 262 g/mol. The predicted octanol–water partition coefficient (Wildman–Crippen LogP) is 3.27. The monoisotopic (exact) mass is 279 g/mol. The Morgan fingerprint density at radius 3 is 3.00 bits per heavy atom. The quantitative estimate of drug-likeness (QED) is 0.846. The number of fused-ring (bicyclic) bond motifs is 1. The summed E-state index contributed by atoms with van der Waals surface area (Å²) >= 11 is 0. The van der Waals surface area contributed by atoms with Crippen LogP contribution in [0.2, 0.25) is 0 Å². The van der Waals surface area contributed by atoms with Gasteiger partial charge in [-0.1, -0.05) is 18.2 Å². The summed E-state index contributed by atoms with van der Waals surface area (Å²) in [5, 5.41) is 12.4. The van der Waals surface area contributed by atoms with Crippen LogP contribution in [-0.4, -0.2) is 6.61 Å². The number of nitrogens with one attached hydrogen (secondary N) is 1. The fourth-order valence-corrected chi connectivity index (χ4v) is 2.63. The molecule has 0 saturated carbocycles. The lowest BCUT2D eigenvalue weighted by atomic mass is 10.00. The minimum absolute atomic E-state index is 0.216. The number of nitrogens with zero attached hydrogens (tertiary/aromatic N) is 1. The van der Waals surface area contributed by atoms with E-state index in [1.54, 1.807) is 0 Å². The second-order valence-corrected chi connectivity index (χ2v) is 5.12. The second kappa shape index (κ2) is 5.76. The summed E-state index contributed by atoms with van der Waals surface area (Å²) in [5.74, 6) is 0.939. The summed E-state index contributed by atoms with van der Waals surface area (Å²) < 4.78 is 5.67. The number of hydrogen-bond donors (Lipinski definition) is 2. The highest BCUT2D eigenvalue weighted by Crippen LogP contribution is 2.34. The van der Waals surface area contributed by atoms with E-state index in [1.165, 1.54) is 5.56 Å². The number of nitrogen functional groups attached to an aromatic ring is 1. The highest BCUT2D eigenvalue weighted by Gasteiger charge is 2.20. The van der Waals surface area contributed by atoms with E-state index in [4.69, 9.17) is 15.7 Å². The summed E-state index contributed by atoms with van der Waals surface area (Å²) in [5.41, 5.74) is 9.56. The Bertz CT molecular complexity index is 691. The Morgan fingerprint density at radius 1 is 1.29 bits per heavy atom. The molecule has 2 aromatic rings. The van der Waals surface area contributed by atoms with Crippen molar-refractivity contribution in [2.24, 2.45) is 0 Å². The van der Waals surface area contributed by atoms with Crippen molar-refractivity contribution in [3.63, 3.8) is 0 Å². The molecule has 0 bridgehead atoms. The van der Waals surface area contributed by atoms with Gasteiger partial charge in [0.25, 0.3) is 0 Å². The van der Waals surface area contributed by atoms with E-state index >= 15 is 0 Å². The third kappa shape index (κ3) is 2.77. The van der Waals surface area contributed by atoms with Crippen molar-refractivity contribution in [3.05, 3.63) is 53.6 Å². The Kier molecular flexibility index (Phi) is 3.65. The summed E-state index contributed by atoms with van der Waals surface area (Å²) in [6.45, 7) is 0.703. The standard InChI is InChI=1S/C17H17N3O/c18-9-7-12-11-13(5-6-15(12)19)20-16-8-10-21-17-4-2-1-3-14(16)17/h1-6,11,16,20H,7-8,10,19H2. The number of para-hydroxylation sites is 1. The zero-order chi connectivity index (χ0) is 14.7. The number of hydrogen-bond acceptors (Lipinski definition) is 4. The Hall–Kier alpha value is -2.67. The highest BCUT2D eigenvalue weighted by atomic mass is 16.5. The maximum absolute atomic E-state index is 8.84. The van der Waals surface area contributed by atoms with Crippen LogP contribution >= 0.6 is 0 Å². The minimum atomic E-state index is 0.216. The van der Waals surface area contributed by atoms with Crippen molar-refractivity contribution < 1.29 is 4.74 Å². The van der Waals surface area contributed by atoms with E-state index in [1.807, 2.05) is 36.4 Å². The Balaban J connectivity index is 1.85. The molecule has 21 heavy (non-hydrogen) atoms. The molecule has 4 nitrogen and oxygen atoms in total. The molecule has 0 saturated heterocycles. The smallest absolute Gasteiger partial charge is 0.124 e. The van der Waals surface area contributed by atoms with Crippen LogP contribution in [0, 0.1) is 11.3 Å². The van der Waals surface area contributed by atoms with Gasteiger partial charge in [-0.2, -0.15) is 5.26 Å². The molecule has 0 spiro atoms. The SMILES string of the molecule is N#CCc1cc(NC2CCOc3ccccc32)ccc1N. The molecule has 1 heterocycles. The predicted molar refractivity (Wildman–Crippen MR) is 83.1 cm³/mol. The Morgan fingerprint density at radius 2 is 2.14 bits per heavy atom. The topological polar surface area (TPSA) is 71.1 Å². The van der Waals surface area contributed by atoms with Gasteiger partial charge in [0, 0.05) is 23.4 Å². The van der Waals surface area contributed by atoms with Crippen molar-refractivity contribution in [3.8, 4) is 11.8 Å². The molecular formula is C17H17N3O. The van der Waals surface area contributed by atoms with Gasteiger partial charge in [0.05, 0.1) is 25.1 Å². The summed E-state index contributed by atoms with van der Waals surface area (Å²) in [6, 6.07) is 16.2. The molecule has 3 rings (SSSR count). The van der Waals surface area contributed by atoms with Gasteiger partial charge in [0.1, 0.15) is 5.75 Å². The molecule has 4 heteroatoms. The first-order valence-corrected chi connectivity index (χ1v) is 7.01. The third-order valence-corrected chi connectivity index (χ3v) is 3.71. The lowest BCUT2D eigenvalue weighted by Crippen LogP contribution is -2.20. The van der Waals surface area contributed by atoms with E-state index in [0.29, 0.717) is 18.7 Å². The molecule has 3 N–H and O–H groups in total. The largest absolute Gasteiger partial charge is 0.493 e. The molecule has 1 unspecified atom stereocenters. The van der Waals surface area contributed by atoms with E-state index < -0.39 is 0 Å². The number of nitrogens with two attached hydrogens (primary N) is 1. The molecule has 0 radical (unpaired) electrons. The molecule has 2 aromatic carbocycles. The maximum Gasteiger partial charge on any atom is 0.124 e. The third-order valence-electron chi connectivity index (χ3n) is 3.71. The minimum Gasteiger partial charge on any atom is -0.493 e. The normalized spacial score (nSPS) is 16.4. The lowest BCUT2D eigenvalue weighted by molar-refractivity contribution is 0.274. The fourth-order valence-electron chi connectivity index (χ4n) is 2.63. The molecule has 1 atom stereocenters. The summed E-state index contributed by atoms with van der Waals surface area (Å²) in [4.78, 5) is 0. The van der Waals surface area contributed by atoms with Gasteiger partial charge in [-0.15, -0.1) is 0 Å². The average molecular weight is 279 g/mol. The fraction of sp³-hybridized carbons (Fsp3) is 0.235. The van der Waals surface area contributed by atoms with E-state index in [9.17, 15) is 0 Å². The van der Waals surface area contributed by atoms with Gasteiger partial charge < -0.3 is 15.8 Å². The van der Waals surface area contributed by atoms with Crippen molar-refractivity contribution >= 4 is 11.4 Å². The summed E-state index contributed by atoms with van der Waals surface area (Å²) in [7, 11) is 0. The van der Waals surface area contributed by atoms with Gasteiger partial charge in [-0.3, -0.25) is 0 Å².